The third-order valence-electron chi connectivity index (χ3n) is 6.91. The number of carbonyl (C=O) groups is 1. The molecule has 4 aromatic rings. The summed E-state index contributed by atoms with van der Waals surface area (Å²) in [5.74, 6) is 2.63. The van der Waals surface area contributed by atoms with Gasteiger partial charge in [-0.2, -0.15) is 0 Å². The van der Waals surface area contributed by atoms with Gasteiger partial charge in [-0.05, 0) is 59.9 Å². The normalized spacial score (nSPS) is 15.1. The third-order valence-corrected chi connectivity index (χ3v) is 6.91. The Kier molecular flexibility index (Phi) is 6.80. The Morgan fingerprint density at radius 2 is 1.69 bits per heavy atom. The van der Waals surface area contributed by atoms with E-state index in [1.54, 1.807) is 0 Å². The molecule has 4 heteroatoms. The number of hydrogen-bond acceptors (Lipinski definition) is 4. The molecule has 0 radical (unpaired) electrons. The molecule has 1 aromatic heterocycles. The van der Waals surface area contributed by atoms with Crippen LogP contribution in [0.1, 0.15) is 65.8 Å². The van der Waals surface area contributed by atoms with Gasteiger partial charge in [0.25, 0.3) is 0 Å². The van der Waals surface area contributed by atoms with Crippen LogP contribution >= 0.6 is 0 Å². The number of ether oxygens (including phenoxy) is 1. The summed E-state index contributed by atoms with van der Waals surface area (Å²) in [5, 5.41) is 0. The van der Waals surface area contributed by atoms with E-state index in [0.29, 0.717) is 11.7 Å². The van der Waals surface area contributed by atoms with E-state index in [9.17, 15) is 4.79 Å². The SMILES string of the molecule is CCc1oc(C(c2ccccc2)c2ccccc2)nc1CC1CCc2c(cccc2OC(C)=O)C1. The lowest BCUT2D eigenvalue weighted by molar-refractivity contribution is -0.131. The van der Waals surface area contributed by atoms with E-state index in [-0.39, 0.29) is 11.9 Å². The molecule has 1 atom stereocenters. The first-order valence-corrected chi connectivity index (χ1v) is 12.5. The van der Waals surface area contributed by atoms with Gasteiger partial charge >= 0.3 is 5.97 Å². The average molecular weight is 466 g/mol. The summed E-state index contributed by atoms with van der Waals surface area (Å²) in [5.41, 5.74) is 5.87. The van der Waals surface area contributed by atoms with E-state index in [4.69, 9.17) is 14.1 Å². The first-order valence-electron chi connectivity index (χ1n) is 12.5. The van der Waals surface area contributed by atoms with Crippen LogP contribution in [0.2, 0.25) is 0 Å². The molecule has 0 N–H and O–H groups in total. The number of aryl methyl sites for hydroxylation is 1. The van der Waals surface area contributed by atoms with Crippen LogP contribution < -0.4 is 4.74 Å². The predicted octanol–water partition coefficient (Wildman–Crippen LogP) is 6.69. The smallest absolute Gasteiger partial charge is 0.308 e. The predicted molar refractivity (Wildman–Crippen MR) is 137 cm³/mol. The van der Waals surface area contributed by atoms with Crippen molar-refractivity contribution in [1.29, 1.82) is 0 Å². The zero-order valence-electron chi connectivity index (χ0n) is 20.4. The quantitative estimate of drug-likeness (QED) is 0.225. The van der Waals surface area contributed by atoms with E-state index in [2.05, 4.69) is 61.5 Å². The second kappa shape index (κ2) is 10.3. The van der Waals surface area contributed by atoms with Crippen LogP contribution in [0.5, 0.6) is 5.75 Å². The lowest BCUT2D eigenvalue weighted by Gasteiger charge is -2.25. The Morgan fingerprint density at radius 3 is 2.31 bits per heavy atom. The minimum absolute atomic E-state index is 0.0326. The maximum atomic E-state index is 11.5. The molecule has 178 valence electrons. The van der Waals surface area contributed by atoms with Gasteiger partial charge in [0.15, 0.2) is 0 Å². The number of aromatic nitrogens is 1. The average Bonchev–Trinajstić information content (AvgIpc) is 3.27. The van der Waals surface area contributed by atoms with Crippen molar-refractivity contribution in [3.8, 4) is 5.75 Å². The van der Waals surface area contributed by atoms with Gasteiger partial charge in [0, 0.05) is 13.3 Å². The number of esters is 1. The van der Waals surface area contributed by atoms with Crippen molar-refractivity contribution >= 4 is 5.97 Å². The summed E-state index contributed by atoms with van der Waals surface area (Å²) in [6.45, 7) is 3.59. The largest absolute Gasteiger partial charge is 0.444 e. The van der Waals surface area contributed by atoms with Gasteiger partial charge in [-0.25, -0.2) is 4.98 Å². The second-order valence-corrected chi connectivity index (χ2v) is 9.33. The van der Waals surface area contributed by atoms with Crippen molar-refractivity contribution < 1.29 is 13.9 Å². The van der Waals surface area contributed by atoms with Crippen LogP contribution in [0.25, 0.3) is 0 Å². The summed E-state index contributed by atoms with van der Waals surface area (Å²) >= 11 is 0. The molecule has 0 fully saturated rings. The van der Waals surface area contributed by atoms with Crippen LogP contribution in [0.3, 0.4) is 0 Å². The number of nitrogens with zero attached hydrogens (tertiary/aromatic N) is 1. The van der Waals surface area contributed by atoms with Gasteiger partial charge in [-0.15, -0.1) is 0 Å². The molecule has 0 bridgehead atoms. The molecule has 1 aliphatic carbocycles. The zero-order chi connectivity index (χ0) is 24.2. The van der Waals surface area contributed by atoms with Crippen molar-refractivity contribution in [1.82, 2.24) is 4.98 Å². The molecule has 1 aliphatic rings. The van der Waals surface area contributed by atoms with E-state index in [1.165, 1.54) is 29.2 Å². The maximum Gasteiger partial charge on any atom is 0.308 e. The van der Waals surface area contributed by atoms with Crippen LogP contribution in [0.4, 0.5) is 0 Å². The van der Waals surface area contributed by atoms with Crippen molar-refractivity contribution in [2.75, 3.05) is 0 Å². The Bertz CT molecular complexity index is 1250. The Balaban J connectivity index is 1.42. The summed E-state index contributed by atoms with van der Waals surface area (Å²) in [7, 11) is 0. The van der Waals surface area contributed by atoms with Crippen molar-refractivity contribution in [3.05, 3.63) is 118 Å². The van der Waals surface area contributed by atoms with Gasteiger partial charge in [-0.3, -0.25) is 4.79 Å². The second-order valence-electron chi connectivity index (χ2n) is 9.33. The molecule has 4 nitrogen and oxygen atoms in total. The molecule has 0 aliphatic heterocycles. The lowest BCUT2D eigenvalue weighted by Crippen LogP contribution is -2.18. The van der Waals surface area contributed by atoms with Gasteiger partial charge in [0.05, 0.1) is 11.6 Å². The number of fused-ring (bicyclic) bond motifs is 1. The molecule has 0 amide bonds. The Labute approximate surface area is 207 Å². The highest BCUT2D eigenvalue weighted by molar-refractivity contribution is 5.70. The minimum Gasteiger partial charge on any atom is -0.444 e. The van der Waals surface area contributed by atoms with E-state index >= 15 is 0 Å². The summed E-state index contributed by atoms with van der Waals surface area (Å²) in [6.07, 6.45) is 4.61. The van der Waals surface area contributed by atoms with Crippen molar-refractivity contribution in [2.24, 2.45) is 5.92 Å². The van der Waals surface area contributed by atoms with Crippen LogP contribution in [0.15, 0.2) is 83.3 Å². The van der Waals surface area contributed by atoms with Crippen LogP contribution in [-0.2, 0) is 30.5 Å². The standard InChI is InChI=1S/C31H31NO3/c1-3-28-27(20-22-17-18-26-25(19-22)15-10-16-29(26)34-21(2)33)32-31(35-28)30(23-11-6-4-7-12-23)24-13-8-5-9-14-24/h4-16,22,30H,3,17-20H2,1-2H3. The van der Waals surface area contributed by atoms with Crippen molar-refractivity contribution in [3.63, 3.8) is 0 Å². The summed E-state index contributed by atoms with van der Waals surface area (Å²) in [6, 6.07) is 27.0. The maximum absolute atomic E-state index is 11.5. The van der Waals surface area contributed by atoms with E-state index in [1.807, 2.05) is 24.3 Å². The van der Waals surface area contributed by atoms with E-state index < -0.39 is 0 Å². The molecule has 1 unspecified atom stereocenters. The molecule has 35 heavy (non-hydrogen) atoms. The third kappa shape index (κ3) is 5.07. The molecule has 0 saturated heterocycles. The topological polar surface area (TPSA) is 52.3 Å². The number of hydrogen-bond donors (Lipinski definition) is 0. The van der Waals surface area contributed by atoms with Gasteiger partial charge in [-0.1, -0.05) is 79.7 Å². The molecular weight excluding hydrogens is 434 g/mol. The molecule has 0 spiro atoms. The Morgan fingerprint density at radius 1 is 1.00 bits per heavy atom. The summed E-state index contributed by atoms with van der Waals surface area (Å²) in [4.78, 5) is 16.6. The fourth-order valence-electron chi connectivity index (χ4n) is 5.28. The highest BCUT2D eigenvalue weighted by Crippen LogP contribution is 2.36. The molecule has 0 saturated carbocycles. The monoisotopic (exact) mass is 465 g/mol. The summed E-state index contributed by atoms with van der Waals surface area (Å²) < 4.78 is 11.9. The first-order chi connectivity index (χ1) is 17.1. The lowest BCUT2D eigenvalue weighted by atomic mass is 9.81. The highest BCUT2D eigenvalue weighted by Gasteiger charge is 2.27. The minimum atomic E-state index is -0.269. The van der Waals surface area contributed by atoms with Gasteiger partial charge in [0.2, 0.25) is 5.89 Å². The van der Waals surface area contributed by atoms with Crippen LogP contribution in [-0.4, -0.2) is 11.0 Å². The fraction of sp³-hybridized carbons (Fsp3) is 0.290. The van der Waals surface area contributed by atoms with Crippen LogP contribution in [0, 0.1) is 5.92 Å². The number of benzene rings is 3. The first kappa shape index (κ1) is 23.1. The molecule has 5 rings (SSSR count). The van der Waals surface area contributed by atoms with Gasteiger partial charge < -0.3 is 9.15 Å². The Hall–Kier alpha value is -3.66. The van der Waals surface area contributed by atoms with Gasteiger partial charge in [0.1, 0.15) is 11.5 Å². The molecular formula is C31H31NO3. The zero-order valence-corrected chi connectivity index (χ0v) is 20.4. The number of carbonyl (C=O) groups excluding carboxylic acids is 1. The highest BCUT2D eigenvalue weighted by atomic mass is 16.5. The molecule has 3 aromatic carbocycles. The van der Waals surface area contributed by atoms with Crippen molar-refractivity contribution in [2.45, 2.75) is 51.9 Å². The molecule has 1 heterocycles. The van der Waals surface area contributed by atoms with E-state index in [0.717, 1.165) is 49.4 Å². The number of rotatable bonds is 7. The fourth-order valence-corrected chi connectivity index (χ4v) is 5.28. The number of oxazole rings is 1.